The maximum Gasteiger partial charge on any atom is 0.0410 e. The van der Waals surface area contributed by atoms with Gasteiger partial charge in [-0.25, -0.2) is 0 Å². The summed E-state index contributed by atoms with van der Waals surface area (Å²) in [5.41, 5.74) is 7.22. The van der Waals surface area contributed by atoms with Crippen LogP contribution in [0.3, 0.4) is 0 Å². The molecule has 1 aliphatic rings. The molecule has 1 nitrogen and oxygen atoms in total. The normalized spacial score (nSPS) is 21.2. The van der Waals surface area contributed by atoms with E-state index in [2.05, 4.69) is 13.0 Å². The maximum absolute atomic E-state index is 6.25. The molecule has 1 fully saturated rings. The molecule has 0 amide bonds. The molecule has 1 unspecified atom stereocenters. The molecule has 0 aliphatic heterocycles. The first kappa shape index (κ1) is 9.04. The van der Waals surface area contributed by atoms with E-state index in [4.69, 9.17) is 17.3 Å². The highest BCUT2D eigenvalue weighted by molar-refractivity contribution is 6.30. The highest BCUT2D eigenvalue weighted by Gasteiger charge is 2.39. The van der Waals surface area contributed by atoms with Crippen LogP contribution in [-0.4, -0.2) is 0 Å². The quantitative estimate of drug-likeness (QED) is 0.772. The van der Waals surface area contributed by atoms with Crippen LogP contribution in [0.2, 0.25) is 5.02 Å². The first-order valence-electron chi connectivity index (χ1n) is 4.65. The number of hydrogen-bond donors (Lipinski definition) is 1. The number of rotatable bonds is 2. The molecule has 2 heteroatoms. The third-order valence-electron chi connectivity index (χ3n) is 2.87. The summed E-state index contributed by atoms with van der Waals surface area (Å²) in [5.74, 6) is 0.644. The van der Waals surface area contributed by atoms with Gasteiger partial charge in [-0.15, -0.1) is 0 Å². The second kappa shape index (κ2) is 3.00. The van der Waals surface area contributed by atoms with Crippen molar-refractivity contribution in [1.29, 1.82) is 0 Å². The van der Waals surface area contributed by atoms with E-state index < -0.39 is 0 Å². The molecule has 1 aromatic carbocycles. The Labute approximate surface area is 83.9 Å². The number of hydrogen-bond acceptors (Lipinski definition) is 1. The molecule has 1 atom stereocenters. The Kier molecular flexibility index (Phi) is 2.09. The standard InChI is InChI=1S/C11H14ClN/c1-11(13,8-5-6-8)9-3-2-4-10(12)7-9/h2-4,7-8H,5-6,13H2,1H3. The molecule has 1 saturated carbocycles. The zero-order valence-electron chi connectivity index (χ0n) is 7.76. The van der Waals surface area contributed by atoms with Crippen LogP contribution in [0.25, 0.3) is 0 Å². The summed E-state index contributed by atoms with van der Waals surface area (Å²) in [6.07, 6.45) is 2.50. The lowest BCUT2D eigenvalue weighted by Crippen LogP contribution is -2.35. The molecule has 0 spiro atoms. The van der Waals surface area contributed by atoms with Gasteiger partial charge in [0, 0.05) is 10.6 Å². The molecule has 1 aliphatic carbocycles. The van der Waals surface area contributed by atoms with Gasteiger partial charge < -0.3 is 5.73 Å². The minimum Gasteiger partial charge on any atom is -0.321 e. The predicted molar refractivity (Wildman–Crippen MR) is 55.7 cm³/mol. The highest BCUT2D eigenvalue weighted by atomic mass is 35.5. The fourth-order valence-corrected chi connectivity index (χ4v) is 1.93. The van der Waals surface area contributed by atoms with Crippen molar-refractivity contribution in [1.82, 2.24) is 0 Å². The monoisotopic (exact) mass is 195 g/mol. The third kappa shape index (κ3) is 1.72. The Morgan fingerprint density at radius 2 is 2.15 bits per heavy atom. The number of halogens is 1. The average Bonchev–Trinajstić information content (AvgIpc) is 2.86. The summed E-state index contributed by atoms with van der Waals surface area (Å²) in [6, 6.07) is 7.88. The first-order chi connectivity index (χ1) is 6.10. The first-order valence-corrected chi connectivity index (χ1v) is 5.03. The largest absolute Gasteiger partial charge is 0.321 e. The summed E-state index contributed by atoms with van der Waals surface area (Å²) in [7, 11) is 0. The summed E-state index contributed by atoms with van der Waals surface area (Å²) in [5, 5.41) is 0.773. The molecule has 1 aromatic rings. The Balaban J connectivity index is 2.33. The van der Waals surface area contributed by atoms with Gasteiger partial charge in [-0.2, -0.15) is 0 Å². The lowest BCUT2D eigenvalue weighted by atomic mass is 9.88. The van der Waals surface area contributed by atoms with Gasteiger partial charge in [0.15, 0.2) is 0 Å². The minimum absolute atomic E-state index is 0.190. The fraction of sp³-hybridized carbons (Fsp3) is 0.455. The summed E-state index contributed by atoms with van der Waals surface area (Å²) in [6.45, 7) is 2.09. The van der Waals surface area contributed by atoms with Gasteiger partial charge in [-0.05, 0) is 43.4 Å². The maximum atomic E-state index is 6.25. The molecule has 0 saturated heterocycles. The molecule has 0 radical (unpaired) electrons. The molecule has 0 heterocycles. The zero-order chi connectivity index (χ0) is 9.47. The second-order valence-corrected chi connectivity index (χ2v) is 4.50. The van der Waals surface area contributed by atoms with Crippen molar-refractivity contribution in [2.24, 2.45) is 11.7 Å². The highest BCUT2D eigenvalue weighted by Crippen LogP contribution is 2.43. The van der Waals surface area contributed by atoms with E-state index in [0.29, 0.717) is 5.92 Å². The lowest BCUT2D eigenvalue weighted by molar-refractivity contribution is 0.427. The van der Waals surface area contributed by atoms with Crippen LogP contribution in [0.4, 0.5) is 0 Å². The van der Waals surface area contributed by atoms with E-state index in [1.807, 2.05) is 18.2 Å². The van der Waals surface area contributed by atoms with Crippen LogP contribution in [0, 0.1) is 5.92 Å². The Morgan fingerprint density at radius 1 is 1.46 bits per heavy atom. The van der Waals surface area contributed by atoms with Crippen molar-refractivity contribution in [3.8, 4) is 0 Å². The van der Waals surface area contributed by atoms with E-state index >= 15 is 0 Å². The van der Waals surface area contributed by atoms with Crippen molar-refractivity contribution < 1.29 is 0 Å². The van der Waals surface area contributed by atoms with Gasteiger partial charge in [-0.1, -0.05) is 23.7 Å². The van der Waals surface area contributed by atoms with Crippen LogP contribution in [0.5, 0.6) is 0 Å². The van der Waals surface area contributed by atoms with E-state index in [9.17, 15) is 0 Å². The van der Waals surface area contributed by atoms with Gasteiger partial charge in [-0.3, -0.25) is 0 Å². The molecular formula is C11H14ClN. The van der Waals surface area contributed by atoms with Gasteiger partial charge in [0.1, 0.15) is 0 Å². The molecule has 2 rings (SSSR count). The lowest BCUT2D eigenvalue weighted by Gasteiger charge is -2.25. The Hall–Kier alpha value is -0.530. The van der Waals surface area contributed by atoms with Gasteiger partial charge in [0.2, 0.25) is 0 Å². The van der Waals surface area contributed by atoms with Gasteiger partial charge in [0.05, 0.1) is 0 Å². The SMILES string of the molecule is CC(N)(c1cccc(Cl)c1)C1CC1. The predicted octanol–water partition coefficient (Wildman–Crippen LogP) is 2.92. The van der Waals surface area contributed by atoms with Crippen molar-refractivity contribution in [2.75, 3.05) is 0 Å². The molecular weight excluding hydrogens is 182 g/mol. The average molecular weight is 196 g/mol. The summed E-state index contributed by atoms with van der Waals surface area (Å²) >= 11 is 5.92. The van der Waals surface area contributed by atoms with Crippen LogP contribution < -0.4 is 5.73 Å². The van der Waals surface area contributed by atoms with Crippen LogP contribution in [0.1, 0.15) is 25.3 Å². The number of benzene rings is 1. The Morgan fingerprint density at radius 3 is 2.69 bits per heavy atom. The smallest absolute Gasteiger partial charge is 0.0410 e. The fourth-order valence-electron chi connectivity index (χ4n) is 1.74. The molecule has 0 bridgehead atoms. The summed E-state index contributed by atoms with van der Waals surface area (Å²) < 4.78 is 0. The van der Waals surface area contributed by atoms with Crippen LogP contribution in [0.15, 0.2) is 24.3 Å². The van der Waals surface area contributed by atoms with Gasteiger partial charge >= 0.3 is 0 Å². The van der Waals surface area contributed by atoms with Crippen molar-refractivity contribution in [3.63, 3.8) is 0 Å². The van der Waals surface area contributed by atoms with Crippen molar-refractivity contribution >= 4 is 11.6 Å². The van der Waals surface area contributed by atoms with Crippen LogP contribution in [-0.2, 0) is 5.54 Å². The van der Waals surface area contributed by atoms with E-state index in [1.54, 1.807) is 0 Å². The minimum atomic E-state index is -0.190. The van der Waals surface area contributed by atoms with Crippen molar-refractivity contribution in [3.05, 3.63) is 34.9 Å². The molecule has 0 aromatic heterocycles. The van der Waals surface area contributed by atoms with Crippen LogP contribution >= 0.6 is 11.6 Å². The van der Waals surface area contributed by atoms with Crippen molar-refractivity contribution in [2.45, 2.75) is 25.3 Å². The second-order valence-electron chi connectivity index (χ2n) is 4.07. The molecule has 13 heavy (non-hydrogen) atoms. The van der Waals surface area contributed by atoms with E-state index in [-0.39, 0.29) is 5.54 Å². The number of nitrogens with two attached hydrogens (primary N) is 1. The van der Waals surface area contributed by atoms with Gasteiger partial charge in [0.25, 0.3) is 0 Å². The molecule has 2 N–H and O–H groups in total. The topological polar surface area (TPSA) is 26.0 Å². The summed E-state index contributed by atoms with van der Waals surface area (Å²) in [4.78, 5) is 0. The zero-order valence-corrected chi connectivity index (χ0v) is 8.51. The van der Waals surface area contributed by atoms with E-state index in [1.165, 1.54) is 12.8 Å². The third-order valence-corrected chi connectivity index (χ3v) is 3.11. The van der Waals surface area contributed by atoms with E-state index in [0.717, 1.165) is 10.6 Å². The molecule has 70 valence electrons. The Bertz CT molecular complexity index is 316.